The van der Waals surface area contributed by atoms with Gasteiger partial charge in [0.25, 0.3) is 0 Å². The SMILES string of the molecule is Cc1ccc(CN2CCN(S(=O)(=O)c3ccc4c(c3)OCCO4)CC2)cc1. The van der Waals surface area contributed by atoms with Crippen molar-refractivity contribution < 1.29 is 17.9 Å². The zero-order valence-electron chi connectivity index (χ0n) is 15.4. The van der Waals surface area contributed by atoms with Crippen molar-refractivity contribution in [2.24, 2.45) is 0 Å². The molecule has 7 heteroatoms. The first-order valence-corrected chi connectivity index (χ1v) is 10.6. The summed E-state index contributed by atoms with van der Waals surface area (Å²) in [4.78, 5) is 2.55. The Balaban J connectivity index is 1.41. The fraction of sp³-hybridized carbons (Fsp3) is 0.400. The van der Waals surface area contributed by atoms with Crippen molar-refractivity contribution in [3.8, 4) is 11.5 Å². The zero-order valence-corrected chi connectivity index (χ0v) is 16.2. The maximum atomic E-state index is 13.0. The molecule has 1 saturated heterocycles. The van der Waals surface area contributed by atoms with Gasteiger partial charge in [0.05, 0.1) is 4.90 Å². The molecule has 144 valence electrons. The highest BCUT2D eigenvalue weighted by Crippen LogP contribution is 2.33. The van der Waals surface area contributed by atoms with Crippen molar-refractivity contribution in [2.75, 3.05) is 39.4 Å². The summed E-state index contributed by atoms with van der Waals surface area (Å²) in [7, 11) is -3.53. The van der Waals surface area contributed by atoms with Crippen LogP contribution in [0.5, 0.6) is 11.5 Å². The summed E-state index contributed by atoms with van der Waals surface area (Å²) in [6.07, 6.45) is 0. The Bertz CT molecular complexity index is 904. The average Bonchev–Trinajstić information content (AvgIpc) is 2.70. The molecule has 0 bridgehead atoms. The van der Waals surface area contributed by atoms with Crippen LogP contribution >= 0.6 is 0 Å². The Morgan fingerprint density at radius 1 is 0.889 bits per heavy atom. The lowest BCUT2D eigenvalue weighted by molar-refractivity contribution is 0.170. The van der Waals surface area contributed by atoms with Crippen LogP contribution in [0.1, 0.15) is 11.1 Å². The highest BCUT2D eigenvalue weighted by atomic mass is 32.2. The van der Waals surface area contributed by atoms with Crippen LogP contribution < -0.4 is 9.47 Å². The number of rotatable bonds is 4. The normalized spacial score (nSPS) is 18.4. The molecule has 2 heterocycles. The number of hydrogen-bond acceptors (Lipinski definition) is 5. The number of ether oxygens (including phenoxy) is 2. The van der Waals surface area contributed by atoms with E-state index in [4.69, 9.17) is 9.47 Å². The highest BCUT2D eigenvalue weighted by Gasteiger charge is 2.29. The summed E-state index contributed by atoms with van der Waals surface area (Å²) in [6.45, 7) is 6.26. The number of benzene rings is 2. The summed E-state index contributed by atoms with van der Waals surface area (Å²) in [5, 5.41) is 0. The van der Waals surface area contributed by atoms with E-state index in [1.165, 1.54) is 11.1 Å². The first-order valence-electron chi connectivity index (χ1n) is 9.20. The van der Waals surface area contributed by atoms with E-state index in [2.05, 4.69) is 36.1 Å². The third kappa shape index (κ3) is 3.95. The van der Waals surface area contributed by atoms with Crippen molar-refractivity contribution in [2.45, 2.75) is 18.4 Å². The summed E-state index contributed by atoms with van der Waals surface area (Å²) in [5.74, 6) is 1.10. The molecule has 0 radical (unpaired) electrons. The molecule has 0 spiro atoms. The van der Waals surface area contributed by atoms with E-state index in [-0.39, 0.29) is 4.90 Å². The molecule has 2 aromatic carbocycles. The number of nitrogens with zero attached hydrogens (tertiary/aromatic N) is 2. The van der Waals surface area contributed by atoms with Gasteiger partial charge in [-0.1, -0.05) is 29.8 Å². The second-order valence-electron chi connectivity index (χ2n) is 6.97. The van der Waals surface area contributed by atoms with Crippen molar-refractivity contribution in [3.05, 3.63) is 53.6 Å². The minimum absolute atomic E-state index is 0.263. The Morgan fingerprint density at radius 2 is 1.56 bits per heavy atom. The smallest absolute Gasteiger partial charge is 0.243 e. The molecule has 0 aromatic heterocycles. The van der Waals surface area contributed by atoms with Crippen molar-refractivity contribution in [3.63, 3.8) is 0 Å². The quantitative estimate of drug-likeness (QED) is 0.804. The van der Waals surface area contributed by atoms with Gasteiger partial charge in [-0.2, -0.15) is 4.31 Å². The van der Waals surface area contributed by atoms with Gasteiger partial charge in [0.1, 0.15) is 13.2 Å². The van der Waals surface area contributed by atoms with Crippen molar-refractivity contribution in [1.82, 2.24) is 9.21 Å². The summed E-state index contributed by atoms with van der Waals surface area (Å²) in [6, 6.07) is 13.3. The minimum atomic E-state index is -3.53. The van der Waals surface area contributed by atoms with Crippen LogP contribution in [-0.2, 0) is 16.6 Å². The molecular weight excluding hydrogens is 364 g/mol. The van der Waals surface area contributed by atoms with Gasteiger partial charge >= 0.3 is 0 Å². The molecule has 0 aliphatic carbocycles. The van der Waals surface area contributed by atoms with Gasteiger partial charge in [-0.05, 0) is 24.6 Å². The van der Waals surface area contributed by atoms with Crippen LogP contribution in [0.2, 0.25) is 0 Å². The Morgan fingerprint density at radius 3 is 2.26 bits per heavy atom. The van der Waals surface area contributed by atoms with E-state index in [1.54, 1.807) is 22.5 Å². The summed E-state index contributed by atoms with van der Waals surface area (Å²) in [5.41, 5.74) is 2.50. The van der Waals surface area contributed by atoms with Crippen molar-refractivity contribution in [1.29, 1.82) is 0 Å². The fourth-order valence-electron chi connectivity index (χ4n) is 3.41. The second kappa shape index (κ2) is 7.50. The molecule has 0 unspecified atom stereocenters. The predicted molar refractivity (Wildman–Crippen MR) is 103 cm³/mol. The third-order valence-electron chi connectivity index (χ3n) is 5.01. The van der Waals surface area contributed by atoms with E-state index in [1.807, 2.05) is 0 Å². The number of aryl methyl sites for hydroxylation is 1. The molecule has 4 rings (SSSR count). The third-order valence-corrected chi connectivity index (χ3v) is 6.90. The first kappa shape index (κ1) is 18.3. The molecule has 0 atom stereocenters. The topological polar surface area (TPSA) is 59.1 Å². The number of sulfonamides is 1. The minimum Gasteiger partial charge on any atom is -0.486 e. The number of piperazine rings is 1. The maximum Gasteiger partial charge on any atom is 0.243 e. The van der Waals surface area contributed by atoms with Gasteiger partial charge in [0, 0.05) is 38.8 Å². The fourth-order valence-corrected chi connectivity index (χ4v) is 4.85. The highest BCUT2D eigenvalue weighted by molar-refractivity contribution is 7.89. The molecule has 2 aliphatic rings. The lowest BCUT2D eigenvalue weighted by Gasteiger charge is -2.34. The van der Waals surface area contributed by atoms with Gasteiger partial charge in [-0.3, -0.25) is 4.90 Å². The van der Waals surface area contributed by atoms with Crippen LogP contribution in [0.4, 0.5) is 0 Å². The summed E-state index contributed by atoms with van der Waals surface area (Å²) >= 11 is 0. The molecule has 0 saturated carbocycles. The van der Waals surface area contributed by atoms with Crippen LogP contribution in [-0.4, -0.2) is 57.0 Å². The van der Waals surface area contributed by atoms with E-state index < -0.39 is 10.0 Å². The Labute approximate surface area is 160 Å². The average molecular weight is 388 g/mol. The number of fused-ring (bicyclic) bond motifs is 1. The molecule has 0 amide bonds. The Kier molecular flexibility index (Phi) is 5.08. The van der Waals surface area contributed by atoms with E-state index in [0.717, 1.165) is 19.6 Å². The van der Waals surface area contributed by atoms with Gasteiger partial charge in [-0.25, -0.2) is 8.42 Å². The molecule has 0 N–H and O–H groups in total. The van der Waals surface area contributed by atoms with Gasteiger partial charge in [0.15, 0.2) is 11.5 Å². The van der Waals surface area contributed by atoms with Crippen LogP contribution in [0.15, 0.2) is 47.4 Å². The van der Waals surface area contributed by atoms with Crippen LogP contribution in [0.25, 0.3) is 0 Å². The lowest BCUT2D eigenvalue weighted by Crippen LogP contribution is -2.48. The Hall–Kier alpha value is -2.09. The first-order chi connectivity index (χ1) is 13.0. The van der Waals surface area contributed by atoms with Crippen LogP contribution in [0, 0.1) is 6.92 Å². The molecular formula is C20H24N2O4S. The maximum absolute atomic E-state index is 13.0. The van der Waals surface area contributed by atoms with Gasteiger partial charge in [-0.15, -0.1) is 0 Å². The standard InChI is InChI=1S/C20H24N2O4S/c1-16-2-4-17(5-3-16)15-21-8-10-22(11-9-21)27(23,24)18-6-7-19-20(14-18)26-13-12-25-19/h2-7,14H,8-13,15H2,1H3. The van der Waals surface area contributed by atoms with E-state index in [9.17, 15) is 8.42 Å². The zero-order chi connectivity index (χ0) is 18.9. The van der Waals surface area contributed by atoms with Crippen LogP contribution in [0.3, 0.4) is 0 Å². The lowest BCUT2D eigenvalue weighted by atomic mass is 10.1. The summed E-state index contributed by atoms with van der Waals surface area (Å²) < 4.78 is 38.5. The number of hydrogen-bond donors (Lipinski definition) is 0. The van der Waals surface area contributed by atoms with Gasteiger partial charge < -0.3 is 9.47 Å². The molecule has 2 aromatic rings. The monoisotopic (exact) mass is 388 g/mol. The molecule has 27 heavy (non-hydrogen) atoms. The second-order valence-corrected chi connectivity index (χ2v) is 8.91. The molecule has 2 aliphatic heterocycles. The van der Waals surface area contributed by atoms with E-state index in [0.29, 0.717) is 37.8 Å². The largest absolute Gasteiger partial charge is 0.486 e. The predicted octanol–water partition coefficient (Wildman–Crippen LogP) is 2.27. The van der Waals surface area contributed by atoms with E-state index >= 15 is 0 Å². The van der Waals surface area contributed by atoms with Gasteiger partial charge in [0.2, 0.25) is 10.0 Å². The van der Waals surface area contributed by atoms with Crippen molar-refractivity contribution >= 4 is 10.0 Å². The molecule has 6 nitrogen and oxygen atoms in total. The molecule has 1 fully saturated rings.